The molecule has 0 saturated carbocycles. The van der Waals surface area contributed by atoms with Gasteiger partial charge in [0.2, 0.25) is 5.95 Å². The highest BCUT2D eigenvalue weighted by molar-refractivity contribution is 5.45. The maximum Gasteiger partial charge on any atom is 0.356 e. The first-order valence-electron chi connectivity index (χ1n) is 6.27. The van der Waals surface area contributed by atoms with Crippen molar-refractivity contribution in [2.45, 2.75) is 27.2 Å². The first-order valence-corrected chi connectivity index (χ1v) is 6.27. The minimum atomic E-state index is -0.274. The van der Waals surface area contributed by atoms with Gasteiger partial charge in [0.05, 0.1) is 0 Å². The molecule has 0 spiro atoms. The van der Waals surface area contributed by atoms with Gasteiger partial charge in [-0.1, -0.05) is 6.92 Å². The van der Waals surface area contributed by atoms with Gasteiger partial charge in [-0.2, -0.15) is 9.97 Å². The van der Waals surface area contributed by atoms with Crippen molar-refractivity contribution < 1.29 is 0 Å². The van der Waals surface area contributed by atoms with Crippen molar-refractivity contribution in [1.82, 2.24) is 14.4 Å². The topological polar surface area (TPSA) is 50.5 Å². The van der Waals surface area contributed by atoms with Crippen molar-refractivity contribution in [3.8, 4) is 0 Å². The highest BCUT2D eigenvalue weighted by atomic mass is 16.1. The molecule has 0 N–H and O–H groups in total. The molecular formula is C13H18N4O. The highest BCUT2D eigenvalue weighted by Gasteiger charge is 2.09. The molecule has 0 saturated heterocycles. The van der Waals surface area contributed by atoms with E-state index in [1.165, 1.54) is 4.40 Å². The fraction of sp³-hybridized carbons (Fsp3) is 0.462. The summed E-state index contributed by atoms with van der Waals surface area (Å²) in [7, 11) is 0. The monoisotopic (exact) mass is 246 g/mol. The molecule has 0 bridgehead atoms. The second-order valence-electron chi connectivity index (χ2n) is 4.32. The summed E-state index contributed by atoms with van der Waals surface area (Å²) in [4.78, 5) is 22.4. The number of hydrogen-bond acceptors (Lipinski definition) is 4. The predicted octanol–water partition coefficient (Wildman–Crippen LogP) is 1.63. The van der Waals surface area contributed by atoms with Crippen molar-refractivity contribution in [1.29, 1.82) is 0 Å². The Kier molecular flexibility index (Phi) is 3.60. The van der Waals surface area contributed by atoms with Crippen LogP contribution in [0.25, 0.3) is 5.65 Å². The van der Waals surface area contributed by atoms with Gasteiger partial charge in [-0.15, -0.1) is 0 Å². The van der Waals surface area contributed by atoms with Crippen LogP contribution in [0.15, 0.2) is 23.1 Å². The lowest BCUT2D eigenvalue weighted by molar-refractivity contribution is 0.751. The number of rotatable bonds is 4. The number of aromatic nitrogens is 3. The van der Waals surface area contributed by atoms with Crippen molar-refractivity contribution in [3.63, 3.8) is 0 Å². The molecule has 0 radical (unpaired) electrons. The van der Waals surface area contributed by atoms with Crippen LogP contribution in [0.1, 0.15) is 25.8 Å². The third-order valence-electron chi connectivity index (χ3n) is 2.86. The number of nitrogens with zero attached hydrogens (tertiary/aromatic N) is 4. The molecule has 0 amide bonds. The molecular weight excluding hydrogens is 228 g/mol. The zero-order valence-corrected chi connectivity index (χ0v) is 11.1. The second-order valence-corrected chi connectivity index (χ2v) is 4.32. The van der Waals surface area contributed by atoms with E-state index in [0.717, 1.165) is 25.1 Å². The van der Waals surface area contributed by atoms with Crippen LogP contribution in [0.5, 0.6) is 0 Å². The lowest BCUT2D eigenvalue weighted by atomic mass is 10.3. The standard InChI is InChI=1S/C13H18N4O/c1-4-7-16(5-2)12-14-11-9-10(3)6-8-17(11)13(18)15-12/h6,8-9H,4-5,7H2,1-3H3. The third-order valence-corrected chi connectivity index (χ3v) is 2.86. The highest BCUT2D eigenvalue weighted by Crippen LogP contribution is 2.08. The number of aryl methyl sites for hydroxylation is 1. The van der Waals surface area contributed by atoms with E-state index in [1.807, 2.05) is 30.9 Å². The Hall–Kier alpha value is -1.91. The summed E-state index contributed by atoms with van der Waals surface area (Å²) in [5.74, 6) is 0.523. The number of fused-ring (bicyclic) bond motifs is 1. The van der Waals surface area contributed by atoms with Gasteiger partial charge in [0, 0.05) is 19.3 Å². The molecule has 96 valence electrons. The summed E-state index contributed by atoms with van der Waals surface area (Å²) in [5, 5.41) is 0. The molecule has 2 aromatic rings. The van der Waals surface area contributed by atoms with Gasteiger partial charge < -0.3 is 4.90 Å². The fourth-order valence-electron chi connectivity index (χ4n) is 1.92. The normalized spacial score (nSPS) is 10.8. The van der Waals surface area contributed by atoms with E-state index in [4.69, 9.17) is 0 Å². The summed E-state index contributed by atoms with van der Waals surface area (Å²) in [6.07, 6.45) is 2.72. The number of anilines is 1. The van der Waals surface area contributed by atoms with Gasteiger partial charge in [0.1, 0.15) is 5.65 Å². The smallest absolute Gasteiger partial charge is 0.341 e. The van der Waals surface area contributed by atoms with Crippen LogP contribution in [0, 0.1) is 6.92 Å². The van der Waals surface area contributed by atoms with E-state index < -0.39 is 0 Å². The predicted molar refractivity (Wildman–Crippen MR) is 72.2 cm³/mol. The molecule has 0 aromatic carbocycles. The van der Waals surface area contributed by atoms with Gasteiger partial charge in [-0.25, -0.2) is 4.79 Å². The van der Waals surface area contributed by atoms with E-state index in [1.54, 1.807) is 6.20 Å². The van der Waals surface area contributed by atoms with Crippen LogP contribution in [0.3, 0.4) is 0 Å². The Bertz CT molecular complexity index is 605. The quantitative estimate of drug-likeness (QED) is 0.823. The summed E-state index contributed by atoms with van der Waals surface area (Å²) < 4.78 is 1.47. The van der Waals surface area contributed by atoms with Gasteiger partial charge in [-0.3, -0.25) is 4.40 Å². The molecule has 0 unspecified atom stereocenters. The van der Waals surface area contributed by atoms with Crippen LogP contribution in [-0.4, -0.2) is 27.5 Å². The average molecular weight is 246 g/mol. The van der Waals surface area contributed by atoms with Crippen LogP contribution in [0.4, 0.5) is 5.95 Å². The Morgan fingerprint density at radius 2 is 2.11 bits per heavy atom. The molecule has 2 aromatic heterocycles. The SMILES string of the molecule is CCCN(CC)c1nc(=O)n2ccc(C)cc2n1. The van der Waals surface area contributed by atoms with Crippen molar-refractivity contribution in [3.05, 3.63) is 34.4 Å². The molecule has 0 aliphatic rings. The molecule has 0 aliphatic carbocycles. The second kappa shape index (κ2) is 5.16. The largest absolute Gasteiger partial charge is 0.356 e. The molecule has 0 aliphatic heterocycles. The lowest BCUT2D eigenvalue weighted by Gasteiger charge is -2.19. The third kappa shape index (κ3) is 2.34. The maximum absolute atomic E-state index is 11.9. The fourth-order valence-corrected chi connectivity index (χ4v) is 1.92. The van der Waals surface area contributed by atoms with Crippen LogP contribution >= 0.6 is 0 Å². The lowest BCUT2D eigenvalue weighted by Crippen LogP contribution is -2.30. The molecule has 2 rings (SSSR count). The molecule has 5 nitrogen and oxygen atoms in total. The molecule has 0 atom stereocenters. The molecule has 18 heavy (non-hydrogen) atoms. The first kappa shape index (κ1) is 12.5. The van der Waals surface area contributed by atoms with Gasteiger partial charge in [0.25, 0.3) is 0 Å². The van der Waals surface area contributed by atoms with E-state index in [9.17, 15) is 4.79 Å². The van der Waals surface area contributed by atoms with Gasteiger partial charge in [0.15, 0.2) is 0 Å². The van der Waals surface area contributed by atoms with E-state index in [-0.39, 0.29) is 5.69 Å². The number of pyridine rings is 1. The van der Waals surface area contributed by atoms with Crippen LogP contribution in [0.2, 0.25) is 0 Å². The van der Waals surface area contributed by atoms with E-state index in [2.05, 4.69) is 16.9 Å². The average Bonchev–Trinajstić information content (AvgIpc) is 2.35. The molecule has 2 heterocycles. The minimum absolute atomic E-state index is 0.274. The molecule has 5 heteroatoms. The summed E-state index contributed by atoms with van der Waals surface area (Å²) >= 11 is 0. The Labute approximate surface area is 106 Å². The van der Waals surface area contributed by atoms with Crippen molar-refractivity contribution in [2.75, 3.05) is 18.0 Å². The van der Waals surface area contributed by atoms with Crippen molar-refractivity contribution in [2.24, 2.45) is 0 Å². The zero-order valence-electron chi connectivity index (χ0n) is 11.1. The van der Waals surface area contributed by atoms with Crippen molar-refractivity contribution >= 4 is 11.6 Å². The van der Waals surface area contributed by atoms with Gasteiger partial charge >= 0.3 is 5.69 Å². The van der Waals surface area contributed by atoms with Gasteiger partial charge in [-0.05, 0) is 38.0 Å². The van der Waals surface area contributed by atoms with Crippen LogP contribution in [-0.2, 0) is 0 Å². The van der Waals surface area contributed by atoms with E-state index in [0.29, 0.717) is 11.6 Å². The summed E-state index contributed by atoms with van der Waals surface area (Å²) in [6.45, 7) is 7.78. The maximum atomic E-state index is 11.9. The minimum Gasteiger partial charge on any atom is -0.341 e. The zero-order chi connectivity index (χ0) is 13.1. The van der Waals surface area contributed by atoms with E-state index >= 15 is 0 Å². The summed E-state index contributed by atoms with van der Waals surface area (Å²) in [6, 6.07) is 3.77. The Balaban J connectivity index is 2.56. The number of hydrogen-bond donors (Lipinski definition) is 0. The van der Waals surface area contributed by atoms with Crippen LogP contribution < -0.4 is 10.6 Å². The Morgan fingerprint density at radius 3 is 2.78 bits per heavy atom. The molecule has 0 fully saturated rings. The first-order chi connectivity index (χ1) is 8.65. The summed E-state index contributed by atoms with van der Waals surface area (Å²) in [5.41, 5.74) is 1.46. The Morgan fingerprint density at radius 1 is 1.33 bits per heavy atom.